The summed E-state index contributed by atoms with van der Waals surface area (Å²) in [6.45, 7) is 4.48. The molecule has 1 saturated carbocycles. The summed E-state index contributed by atoms with van der Waals surface area (Å²) >= 11 is 0. The quantitative estimate of drug-likeness (QED) is 0.114. The van der Waals surface area contributed by atoms with Crippen molar-refractivity contribution in [2.75, 3.05) is 27.2 Å². The van der Waals surface area contributed by atoms with Gasteiger partial charge in [-0.2, -0.15) is 5.06 Å². The molecular formula is C42H56N4O9. The zero-order chi connectivity index (χ0) is 39.2. The highest BCUT2D eigenvalue weighted by atomic mass is 16.8. The molecule has 13 heteroatoms. The minimum Gasteiger partial charge on any atom is -0.458 e. The monoisotopic (exact) mass is 760 g/mol. The predicted molar refractivity (Wildman–Crippen MR) is 204 cm³/mol. The zero-order valence-electron chi connectivity index (χ0n) is 32.5. The Morgan fingerprint density at radius 2 is 1.69 bits per heavy atom. The predicted octanol–water partition coefficient (Wildman–Crippen LogP) is 4.27. The van der Waals surface area contributed by atoms with Gasteiger partial charge < -0.3 is 34.9 Å². The van der Waals surface area contributed by atoms with Crippen LogP contribution >= 0.6 is 0 Å². The number of amides is 3. The number of hydroxylamine groups is 2. The van der Waals surface area contributed by atoms with E-state index in [1.54, 1.807) is 43.4 Å². The van der Waals surface area contributed by atoms with Crippen LogP contribution in [0.15, 0.2) is 54.6 Å². The molecule has 298 valence electrons. The number of nitrogens with zero attached hydrogens (tertiary/aromatic N) is 2. The summed E-state index contributed by atoms with van der Waals surface area (Å²) < 4.78 is 20.1. The lowest BCUT2D eigenvalue weighted by Crippen LogP contribution is -2.69. The molecule has 6 atom stereocenters. The minimum atomic E-state index is -1.38. The largest absolute Gasteiger partial charge is 0.458 e. The van der Waals surface area contributed by atoms with Crippen LogP contribution in [0.5, 0.6) is 0 Å². The van der Waals surface area contributed by atoms with Crippen LogP contribution < -0.4 is 10.6 Å². The number of fused-ring (bicyclic) bond motifs is 4. The molecule has 2 bridgehead atoms. The fraction of sp³-hybridized carbons (Fsp3) is 0.571. The third-order valence-corrected chi connectivity index (χ3v) is 11.3. The van der Waals surface area contributed by atoms with Crippen LogP contribution in [0.25, 0.3) is 6.08 Å². The van der Waals surface area contributed by atoms with Gasteiger partial charge >= 0.3 is 5.97 Å². The van der Waals surface area contributed by atoms with E-state index in [0.29, 0.717) is 24.0 Å². The first-order chi connectivity index (χ1) is 26.6. The third kappa shape index (κ3) is 8.51. The molecule has 0 spiro atoms. The Morgan fingerprint density at radius 3 is 2.40 bits per heavy atom. The van der Waals surface area contributed by atoms with Crippen LogP contribution in [0.1, 0.15) is 98.7 Å². The van der Waals surface area contributed by atoms with Crippen LogP contribution in [0.4, 0.5) is 0 Å². The van der Waals surface area contributed by atoms with Crippen molar-refractivity contribution in [3.8, 4) is 0 Å². The Bertz CT molecular complexity index is 1720. The lowest BCUT2D eigenvalue weighted by Gasteiger charge is -2.48. The topological polar surface area (TPSA) is 156 Å². The maximum absolute atomic E-state index is 14.9. The number of carbonyl (C=O) groups excluding carboxylic acids is 4. The molecule has 0 radical (unpaired) electrons. The Hall–Kier alpha value is -4.14. The molecule has 6 unspecified atom stereocenters. The van der Waals surface area contributed by atoms with Gasteiger partial charge in [0.15, 0.2) is 11.8 Å². The minimum absolute atomic E-state index is 0.0951. The number of carbonyl (C=O) groups is 4. The fourth-order valence-electron chi connectivity index (χ4n) is 8.46. The summed E-state index contributed by atoms with van der Waals surface area (Å²) in [6.07, 6.45) is 7.87. The number of esters is 1. The number of nitrogens with one attached hydrogen (secondary N) is 2. The summed E-state index contributed by atoms with van der Waals surface area (Å²) in [7, 11) is 3.36. The van der Waals surface area contributed by atoms with Gasteiger partial charge in [-0.1, -0.05) is 75.9 Å². The molecule has 3 heterocycles. The second kappa shape index (κ2) is 17.8. The molecule has 3 amide bonds. The van der Waals surface area contributed by atoms with Gasteiger partial charge in [-0.25, -0.2) is 0 Å². The zero-order valence-corrected chi connectivity index (χ0v) is 32.5. The maximum Gasteiger partial charge on any atom is 0.327 e. The normalized spacial score (nSPS) is 26.4. The number of unbranched alkanes of at least 4 members (excludes halogenated alkanes) is 4. The first kappa shape index (κ1) is 40.5. The van der Waals surface area contributed by atoms with E-state index in [1.165, 1.54) is 11.0 Å². The van der Waals surface area contributed by atoms with Crippen molar-refractivity contribution in [2.24, 2.45) is 5.41 Å². The molecule has 3 N–H and O–H groups in total. The smallest absolute Gasteiger partial charge is 0.327 e. The molecule has 1 aliphatic carbocycles. The van der Waals surface area contributed by atoms with Crippen LogP contribution in [0, 0.1) is 5.41 Å². The van der Waals surface area contributed by atoms with E-state index in [9.17, 15) is 19.2 Å². The van der Waals surface area contributed by atoms with E-state index in [-0.39, 0.29) is 50.4 Å². The molecule has 55 heavy (non-hydrogen) atoms. The van der Waals surface area contributed by atoms with Gasteiger partial charge in [0.25, 0.3) is 5.91 Å². The van der Waals surface area contributed by atoms with Gasteiger partial charge in [0.2, 0.25) is 11.8 Å². The molecule has 3 saturated heterocycles. The van der Waals surface area contributed by atoms with Gasteiger partial charge in [-0.3, -0.25) is 24.0 Å². The Balaban J connectivity index is 1.34. The number of benzene rings is 2. The molecule has 3 aliphatic heterocycles. The number of aliphatic hydroxyl groups is 1. The first-order valence-corrected chi connectivity index (χ1v) is 19.8. The number of aliphatic hydroxyl groups excluding tert-OH is 1. The van der Waals surface area contributed by atoms with Gasteiger partial charge in [0.1, 0.15) is 29.8 Å². The van der Waals surface area contributed by atoms with E-state index in [1.807, 2.05) is 30.3 Å². The van der Waals surface area contributed by atoms with Crippen molar-refractivity contribution < 1.29 is 43.3 Å². The average molecular weight is 761 g/mol. The third-order valence-electron chi connectivity index (χ3n) is 11.3. The number of likely N-dealkylation sites (N-methyl/N-ethyl adjacent to an activating group) is 1. The summed E-state index contributed by atoms with van der Waals surface area (Å²) in [5.41, 5.74) is 1.27. The van der Waals surface area contributed by atoms with E-state index in [4.69, 9.17) is 24.2 Å². The molecule has 13 nitrogen and oxygen atoms in total. The molecule has 2 aromatic rings. The highest BCUT2D eigenvalue weighted by Crippen LogP contribution is 2.58. The van der Waals surface area contributed by atoms with Gasteiger partial charge in [0, 0.05) is 58.1 Å². The second-order valence-electron chi connectivity index (χ2n) is 15.3. The number of hydrogen-bond donors (Lipinski definition) is 3. The molecule has 4 aliphatic rings. The number of ether oxygens (including phenoxy) is 3. The maximum atomic E-state index is 14.9. The van der Waals surface area contributed by atoms with E-state index in [2.05, 4.69) is 24.5 Å². The number of rotatable bonds is 18. The van der Waals surface area contributed by atoms with E-state index >= 15 is 0 Å². The molecule has 6 rings (SSSR count). The van der Waals surface area contributed by atoms with E-state index < -0.39 is 47.6 Å². The van der Waals surface area contributed by atoms with Crippen LogP contribution in [-0.4, -0.2) is 102 Å². The molecular weight excluding hydrogens is 704 g/mol. The van der Waals surface area contributed by atoms with Crippen molar-refractivity contribution in [3.05, 3.63) is 76.9 Å². The van der Waals surface area contributed by atoms with Crippen molar-refractivity contribution in [1.29, 1.82) is 0 Å². The van der Waals surface area contributed by atoms with Crippen molar-refractivity contribution >= 4 is 29.8 Å². The van der Waals surface area contributed by atoms with Crippen LogP contribution in [0.2, 0.25) is 0 Å². The van der Waals surface area contributed by atoms with E-state index in [0.717, 1.165) is 49.7 Å². The Labute approximate surface area is 323 Å². The van der Waals surface area contributed by atoms with Crippen LogP contribution in [-0.2, 0) is 46.5 Å². The van der Waals surface area contributed by atoms with Crippen molar-refractivity contribution in [2.45, 2.75) is 121 Å². The van der Waals surface area contributed by atoms with Gasteiger partial charge in [-0.15, -0.1) is 0 Å². The summed E-state index contributed by atoms with van der Waals surface area (Å²) in [4.78, 5) is 62.5. The van der Waals surface area contributed by atoms with Gasteiger partial charge in [0.05, 0.1) is 13.2 Å². The van der Waals surface area contributed by atoms with Crippen LogP contribution in [0.3, 0.4) is 0 Å². The molecule has 4 fully saturated rings. The molecule has 0 aromatic heterocycles. The lowest BCUT2D eigenvalue weighted by molar-refractivity contribution is -0.224. The first-order valence-electron chi connectivity index (χ1n) is 19.8. The Morgan fingerprint density at radius 1 is 0.964 bits per heavy atom. The van der Waals surface area contributed by atoms with Crippen molar-refractivity contribution in [1.82, 2.24) is 20.6 Å². The summed E-state index contributed by atoms with van der Waals surface area (Å²) in [6, 6.07) is 13.4. The summed E-state index contributed by atoms with van der Waals surface area (Å²) in [5, 5.41) is 16.5. The highest BCUT2D eigenvalue weighted by molar-refractivity contribution is 5.95. The highest BCUT2D eigenvalue weighted by Gasteiger charge is 2.76. The molecule has 2 aromatic carbocycles. The standard InChI is InChI=1S/C42H56N4O9/c1-5-7-11-20-41(21-12-8-6-2)53-34-32-25-42(40(51)44-26-28-14-13-17-30(24-28)38(49)43-22-23-47)36(39(50)52-32)46(55-37(42)35(34)54-41)27-31-16-10-9-15-29(31)18-19-33(48)45(3)4/h9-10,13-19,24,32,34-37,47H,5-8,11-12,20-23,25-27H2,1-4H3,(H,43,49)(H,44,51). The van der Waals surface area contributed by atoms with Crippen molar-refractivity contribution in [3.63, 3.8) is 0 Å². The SMILES string of the molecule is CCCCCC1(CCCCC)OC2C3CC4(C(=O)NCc5cccc(C(=O)NCCO)c5)C(ON(Cc5ccccc5C=CC(=O)N(C)C)C4C(=O)O3)C2O1. The lowest BCUT2D eigenvalue weighted by atomic mass is 9.62. The average Bonchev–Trinajstić information content (AvgIpc) is 3.74. The number of hydrogen-bond acceptors (Lipinski definition) is 10. The fourth-order valence-corrected chi connectivity index (χ4v) is 8.46. The van der Waals surface area contributed by atoms with Gasteiger partial charge in [-0.05, 0) is 47.7 Å². The Kier molecular flexibility index (Phi) is 13.1. The summed E-state index contributed by atoms with van der Waals surface area (Å²) in [5.74, 6) is -2.33. The second-order valence-corrected chi connectivity index (χ2v) is 15.3.